The molecule has 0 spiro atoms. The predicted molar refractivity (Wildman–Crippen MR) is 136 cm³/mol. The number of fused-ring (bicyclic) bond motifs is 1. The Hall–Kier alpha value is -1.94. The second kappa shape index (κ2) is 8.93. The summed E-state index contributed by atoms with van der Waals surface area (Å²) in [6.45, 7) is 3.49. The molecule has 0 aromatic heterocycles. The maximum absolute atomic E-state index is 13.3. The molecule has 0 saturated heterocycles. The van der Waals surface area contributed by atoms with Crippen LogP contribution in [0.3, 0.4) is 0 Å². The summed E-state index contributed by atoms with van der Waals surface area (Å²) in [5.41, 5.74) is 3.57. The summed E-state index contributed by atoms with van der Waals surface area (Å²) >= 11 is 12.8. The fourth-order valence-corrected chi connectivity index (χ4v) is 7.33. The van der Waals surface area contributed by atoms with Crippen molar-refractivity contribution in [3.8, 4) is 22.3 Å². The molecule has 0 fully saturated rings. The van der Waals surface area contributed by atoms with Gasteiger partial charge in [0.05, 0.1) is 9.79 Å². The zero-order valence-electron chi connectivity index (χ0n) is 18.7. The van der Waals surface area contributed by atoms with Crippen molar-refractivity contribution in [2.75, 3.05) is 0 Å². The van der Waals surface area contributed by atoms with E-state index in [0.29, 0.717) is 61.8 Å². The van der Waals surface area contributed by atoms with Crippen LogP contribution in [0.4, 0.5) is 0 Å². The van der Waals surface area contributed by atoms with Gasteiger partial charge in [0.15, 0.2) is 0 Å². The third-order valence-electron chi connectivity index (χ3n) is 6.37. The molecule has 3 aromatic carbocycles. The highest BCUT2D eigenvalue weighted by molar-refractivity contribution is 7.90. The molecule has 1 aliphatic carbocycles. The molecule has 0 saturated carbocycles. The van der Waals surface area contributed by atoms with Gasteiger partial charge in [0.1, 0.15) is 0 Å². The van der Waals surface area contributed by atoms with Crippen molar-refractivity contribution >= 4 is 43.2 Å². The Kier molecular flexibility index (Phi) is 6.61. The Balaban J connectivity index is 2.39. The molecule has 0 heterocycles. The topological polar surface area (TPSA) is 120 Å². The third kappa shape index (κ3) is 4.27. The van der Waals surface area contributed by atoms with Gasteiger partial charge in [-0.25, -0.2) is 27.1 Å². The minimum atomic E-state index is -4.44. The van der Waals surface area contributed by atoms with E-state index in [9.17, 15) is 16.8 Å². The Labute approximate surface area is 210 Å². The summed E-state index contributed by atoms with van der Waals surface area (Å²) in [5.74, 6) is 0. The molecule has 0 unspecified atom stereocenters. The van der Waals surface area contributed by atoms with Gasteiger partial charge in [-0.05, 0) is 85.0 Å². The van der Waals surface area contributed by atoms with Crippen LogP contribution in [0.5, 0.6) is 0 Å². The van der Waals surface area contributed by atoms with Crippen molar-refractivity contribution in [3.05, 3.63) is 68.7 Å². The van der Waals surface area contributed by atoms with Crippen LogP contribution >= 0.6 is 23.2 Å². The zero-order chi connectivity index (χ0) is 25.0. The maximum atomic E-state index is 13.3. The quantitative estimate of drug-likeness (QED) is 0.478. The number of primary sulfonamides is 2. The molecule has 0 radical (unpaired) electrons. The molecule has 0 amide bonds. The van der Waals surface area contributed by atoms with E-state index in [4.69, 9.17) is 33.5 Å². The Bertz CT molecular complexity index is 1550. The summed E-state index contributed by atoms with van der Waals surface area (Å²) < 4.78 is 52.6. The minimum absolute atomic E-state index is 0.0416. The number of hydrogen-bond donors (Lipinski definition) is 2. The first-order chi connectivity index (χ1) is 15.8. The summed E-state index contributed by atoms with van der Waals surface area (Å²) in [5, 5.41) is 12.4. The van der Waals surface area contributed by atoms with Gasteiger partial charge in [-0.1, -0.05) is 47.5 Å². The Morgan fingerprint density at radius 3 is 1.59 bits per heavy atom. The van der Waals surface area contributed by atoms with E-state index >= 15 is 0 Å². The lowest BCUT2D eigenvalue weighted by atomic mass is 9.81. The monoisotopic (exact) mass is 538 g/mol. The second-order valence-corrected chi connectivity index (χ2v) is 12.3. The van der Waals surface area contributed by atoms with Crippen molar-refractivity contribution < 1.29 is 16.8 Å². The number of benzene rings is 3. The van der Waals surface area contributed by atoms with Gasteiger partial charge in [0.25, 0.3) is 0 Å². The van der Waals surface area contributed by atoms with Crippen LogP contribution in [0.2, 0.25) is 10.0 Å². The van der Waals surface area contributed by atoms with Gasteiger partial charge in [-0.3, -0.25) is 0 Å². The zero-order valence-corrected chi connectivity index (χ0v) is 21.8. The van der Waals surface area contributed by atoms with Crippen molar-refractivity contribution in [1.82, 2.24) is 0 Å². The first kappa shape index (κ1) is 25.2. The Morgan fingerprint density at radius 2 is 1.12 bits per heavy atom. The smallest absolute Gasteiger partial charge is 0.225 e. The lowest BCUT2D eigenvalue weighted by Crippen LogP contribution is -2.24. The highest BCUT2D eigenvalue weighted by Crippen LogP contribution is 2.48. The third-order valence-corrected chi connectivity index (χ3v) is 9.18. The second-order valence-electron chi connectivity index (χ2n) is 8.49. The van der Waals surface area contributed by atoms with Crippen LogP contribution in [0.25, 0.3) is 22.3 Å². The lowest BCUT2D eigenvalue weighted by Gasteiger charge is -2.29. The summed E-state index contributed by atoms with van der Waals surface area (Å²) in [4.78, 5) is -0.493. The van der Waals surface area contributed by atoms with Crippen LogP contribution in [0, 0.1) is 13.8 Å². The number of hydrogen-bond acceptors (Lipinski definition) is 4. The fraction of sp³-hybridized carbons (Fsp3) is 0.250. The van der Waals surface area contributed by atoms with Crippen LogP contribution in [0.1, 0.15) is 35.1 Å². The molecule has 1 aliphatic rings. The van der Waals surface area contributed by atoms with E-state index in [1.165, 1.54) is 0 Å². The minimum Gasteiger partial charge on any atom is -0.225 e. The van der Waals surface area contributed by atoms with Crippen molar-refractivity contribution in [2.45, 2.75) is 49.3 Å². The van der Waals surface area contributed by atoms with E-state index in [1.807, 2.05) is 0 Å². The largest absolute Gasteiger partial charge is 0.239 e. The number of halogens is 2. The molecule has 0 bridgehead atoms. The highest BCUT2D eigenvalue weighted by atomic mass is 35.5. The first-order valence-electron chi connectivity index (χ1n) is 10.6. The van der Waals surface area contributed by atoms with Crippen LogP contribution in [-0.2, 0) is 32.9 Å². The summed E-state index contributed by atoms with van der Waals surface area (Å²) in [6.07, 6.45) is 2.43. The van der Waals surface area contributed by atoms with Crippen molar-refractivity contribution in [3.63, 3.8) is 0 Å². The van der Waals surface area contributed by atoms with Gasteiger partial charge in [0.2, 0.25) is 20.0 Å². The molecule has 180 valence electrons. The van der Waals surface area contributed by atoms with Gasteiger partial charge in [-0.15, -0.1) is 0 Å². The average Bonchev–Trinajstić information content (AvgIpc) is 2.74. The maximum Gasteiger partial charge on any atom is 0.239 e. The molecule has 3 aromatic rings. The fourth-order valence-electron chi connectivity index (χ4n) is 4.83. The number of sulfonamides is 2. The van der Waals surface area contributed by atoms with Gasteiger partial charge in [-0.2, -0.15) is 0 Å². The molecule has 10 heteroatoms. The SMILES string of the molecule is Cc1c(Cl)cccc1-c1c2c(c(S(N)(=O)=O)c(-c3cccc(Cl)c3C)c1S(N)(=O)=O)CCCC2. The van der Waals surface area contributed by atoms with E-state index in [2.05, 4.69) is 0 Å². The van der Waals surface area contributed by atoms with Gasteiger partial charge in [0, 0.05) is 21.2 Å². The Morgan fingerprint density at radius 1 is 0.676 bits per heavy atom. The molecular weight excluding hydrogens is 515 g/mol. The van der Waals surface area contributed by atoms with E-state index < -0.39 is 20.0 Å². The van der Waals surface area contributed by atoms with Crippen LogP contribution in [-0.4, -0.2) is 16.8 Å². The molecule has 0 aliphatic heterocycles. The number of nitrogens with two attached hydrogens (primary N) is 2. The van der Waals surface area contributed by atoms with Crippen LogP contribution < -0.4 is 10.3 Å². The predicted octanol–water partition coefficient (Wildman–Crippen LogP) is 5.12. The normalized spacial score (nSPS) is 14.2. The van der Waals surface area contributed by atoms with Crippen molar-refractivity contribution in [2.24, 2.45) is 10.3 Å². The molecule has 6 nitrogen and oxygen atoms in total. The first-order valence-corrected chi connectivity index (χ1v) is 14.5. The van der Waals surface area contributed by atoms with Gasteiger partial charge >= 0.3 is 0 Å². The molecule has 0 atom stereocenters. The van der Waals surface area contributed by atoms with Gasteiger partial charge < -0.3 is 0 Å². The van der Waals surface area contributed by atoms with E-state index in [-0.39, 0.29) is 15.4 Å². The van der Waals surface area contributed by atoms with E-state index in [0.717, 1.165) is 12.8 Å². The van der Waals surface area contributed by atoms with Crippen LogP contribution in [0.15, 0.2) is 46.2 Å². The molecule has 34 heavy (non-hydrogen) atoms. The standard InChI is InChI=1S/C24H24Cl2N2O4S2/c1-13-15(9-5-11-19(13)25)21-17-7-3-4-8-18(17)23(33(27,29)30)22(24(21)34(28,31)32)16-10-6-12-20(26)14(16)2/h5-6,9-12H,3-4,7-8H2,1-2H3,(H2,27,29,30)(H2,28,31,32). The van der Waals surface area contributed by atoms with Crippen molar-refractivity contribution in [1.29, 1.82) is 0 Å². The summed E-state index contributed by atoms with van der Waals surface area (Å²) in [6, 6.07) is 10.1. The average molecular weight is 540 g/mol. The number of rotatable bonds is 4. The van der Waals surface area contributed by atoms with E-state index in [1.54, 1.807) is 50.2 Å². The lowest BCUT2D eigenvalue weighted by molar-refractivity contribution is 0.591. The molecule has 4 rings (SSSR count). The highest BCUT2D eigenvalue weighted by Gasteiger charge is 2.36. The molecule has 4 N–H and O–H groups in total. The summed E-state index contributed by atoms with van der Waals surface area (Å²) in [7, 11) is -8.78. The molecular formula is C24H24Cl2N2O4S2.